The van der Waals surface area contributed by atoms with Gasteiger partial charge in [-0.25, -0.2) is 4.98 Å². The predicted octanol–water partition coefficient (Wildman–Crippen LogP) is 5.58. The smallest absolute Gasteiger partial charge is 0.397 e. The van der Waals surface area contributed by atoms with Crippen molar-refractivity contribution in [1.82, 2.24) is 9.88 Å². The molecule has 1 atom stereocenters. The number of benzene rings is 1. The summed E-state index contributed by atoms with van der Waals surface area (Å²) in [6.07, 6.45) is -1.82. The Labute approximate surface area is 170 Å². The number of nitrogens with two attached hydrogens (primary N) is 1. The lowest BCUT2D eigenvalue weighted by Gasteiger charge is -2.33. The zero-order chi connectivity index (χ0) is 20.8. The molecule has 1 aliphatic rings. The van der Waals surface area contributed by atoms with Gasteiger partial charge in [-0.05, 0) is 32.3 Å². The highest BCUT2D eigenvalue weighted by molar-refractivity contribution is 7.21. The second-order valence-electron chi connectivity index (χ2n) is 7.29. The van der Waals surface area contributed by atoms with E-state index in [1.165, 1.54) is 0 Å². The van der Waals surface area contributed by atoms with Crippen LogP contribution in [0.5, 0.6) is 0 Å². The van der Waals surface area contributed by atoms with Gasteiger partial charge in [-0.2, -0.15) is 13.2 Å². The van der Waals surface area contributed by atoms with Crippen LogP contribution in [0.2, 0.25) is 0 Å². The molecule has 1 fully saturated rings. The van der Waals surface area contributed by atoms with Gasteiger partial charge >= 0.3 is 6.18 Å². The van der Waals surface area contributed by atoms with Gasteiger partial charge in [-0.1, -0.05) is 30.3 Å². The molecule has 2 N–H and O–H groups in total. The number of piperidine rings is 1. The number of nitrogens with zero attached hydrogens (tertiary/aromatic N) is 2. The molecule has 0 bridgehead atoms. The van der Waals surface area contributed by atoms with Gasteiger partial charge in [0.25, 0.3) is 5.91 Å². The number of fused-ring (bicyclic) bond motifs is 1. The minimum Gasteiger partial charge on any atom is -0.397 e. The number of nitrogen functional groups attached to an aromatic ring is 1. The van der Waals surface area contributed by atoms with E-state index in [4.69, 9.17) is 5.73 Å². The molecule has 29 heavy (non-hydrogen) atoms. The fraction of sp³-hybridized carbons (Fsp3) is 0.333. The van der Waals surface area contributed by atoms with E-state index in [2.05, 4.69) is 4.98 Å². The fourth-order valence-corrected chi connectivity index (χ4v) is 4.87. The summed E-state index contributed by atoms with van der Waals surface area (Å²) in [4.78, 5) is 19.4. The van der Waals surface area contributed by atoms with Crippen LogP contribution in [0.4, 0.5) is 18.9 Å². The largest absolute Gasteiger partial charge is 0.417 e. The summed E-state index contributed by atoms with van der Waals surface area (Å²) in [6, 6.07) is 9.72. The maximum absolute atomic E-state index is 13.8. The van der Waals surface area contributed by atoms with E-state index in [0.717, 1.165) is 36.7 Å². The SMILES string of the molecule is C[C@@H]1CCCCN1C(=O)c1sc2nc(-c3ccccc3)cc(C(F)(F)F)c2c1N. The Morgan fingerprint density at radius 2 is 1.97 bits per heavy atom. The van der Waals surface area contributed by atoms with E-state index in [1.54, 1.807) is 35.2 Å². The maximum Gasteiger partial charge on any atom is 0.417 e. The molecule has 4 rings (SSSR count). The van der Waals surface area contributed by atoms with Gasteiger partial charge in [0.05, 0.1) is 16.9 Å². The first-order valence-corrected chi connectivity index (χ1v) is 10.3. The third-order valence-corrected chi connectivity index (χ3v) is 6.42. The number of halogens is 3. The lowest BCUT2D eigenvalue weighted by Crippen LogP contribution is -2.41. The number of hydrogen-bond donors (Lipinski definition) is 1. The van der Waals surface area contributed by atoms with E-state index in [0.29, 0.717) is 12.1 Å². The van der Waals surface area contributed by atoms with E-state index in [1.807, 2.05) is 6.92 Å². The molecule has 2 aromatic heterocycles. The standard InChI is InChI=1S/C21H20F3N3OS/c1-12-7-5-6-10-27(12)20(28)18-17(25)16-14(21(22,23)24)11-15(26-19(16)29-18)13-8-3-2-4-9-13/h2-4,8-9,11-12H,5-7,10,25H2,1H3/t12-/m1/s1. The lowest BCUT2D eigenvalue weighted by atomic mass is 10.0. The van der Waals surface area contributed by atoms with Crippen molar-refractivity contribution in [2.24, 2.45) is 0 Å². The Morgan fingerprint density at radius 3 is 2.62 bits per heavy atom. The van der Waals surface area contributed by atoms with E-state index in [-0.39, 0.29) is 38.4 Å². The topological polar surface area (TPSA) is 59.2 Å². The molecule has 3 aromatic rings. The molecule has 0 unspecified atom stereocenters. The monoisotopic (exact) mass is 419 g/mol. The number of alkyl halides is 3. The van der Waals surface area contributed by atoms with Crippen molar-refractivity contribution in [2.45, 2.75) is 38.4 Å². The minimum atomic E-state index is -4.61. The van der Waals surface area contributed by atoms with Crippen LogP contribution in [0.3, 0.4) is 0 Å². The predicted molar refractivity (Wildman–Crippen MR) is 109 cm³/mol. The van der Waals surface area contributed by atoms with Gasteiger partial charge in [-0.3, -0.25) is 4.79 Å². The molecule has 8 heteroatoms. The summed E-state index contributed by atoms with van der Waals surface area (Å²) >= 11 is 0.939. The molecule has 3 heterocycles. The second-order valence-corrected chi connectivity index (χ2v) is 8.29. The molecule has 1 aromatic carbocycles. The van der Waals surface area contributed by atoms with Crippen LogP contribution in [0.15, 0.2) is 36.4 Å². The number of carbonyl (C=O) groups is 1. The zero-order valence-corrected chi connectivity index (χ0v) is 16.6. The maximum atomic E-state index is 13.8. The highest BCUT2D eigenvalue weighted by atomic mass is 32.1. The van der Waals surface area contributed by atoms with Crippen LogP contribution >= 0.6 is 11.3 Å². The van der Waals surface area contributed by atoms with Crippen LogP contribution in [-0.2, 0) is 6.18 Å². The normalized spacial score (nSPS) is 17.7. The van der Waals surface area contributed by atoms with Crippen LogP contribution in [0, 0.1) is 0 Å². The summed E-state index contributed by atoms with van der Waals surface area (Å²) in [5.74, 6) is -0.313. The van der Waals surface area contributed by atoms with Gasteiger partial charge in [0, 0.05) is 23.5 Å². The van der Waals surface area contributed by atoms with Gasteiger partial charge in [-0.15, -0.1) is 11.3 Å². The van der Waals surface area contributed by atoms with Gasteiger partial charge < -0.3 is 10.6 Å². The number of aromatic nitrogens is 1. The van der Waals surface area contributed by atoms with Crippen LogP contribution in [0.25, 0.3) is 21.5 Å². The average molecular weight is 419 g/mol. The van der Waals surface area contributed by atoms with Crippen molar-refractivity contribution in [3.05, 3.63) is 46.8 Å². The Kier molecular flexibility index (Phi) is 4.98. The number of hydrogen-bond acceptors (Lipinski definition) is 4. The first-order chi connectivity index (χ1) is 13.8. The second kappa shape index (κ2) is 7.33. The summed E-state index contributed by atoms with van der Waals surface area (Å²) < 4.78 is 41.5. The number of thiophene rings is 1. The number of pyridine rings is 1. The molecule has 1 saturated heterocycles. The van der Waals surface area contributed by atoms with Crippen molar-refractivity contribution in [3.63, 3.8) is 0 Å². The molecule has 1 amide bonds. The van der Waals surface area contributed by atoms with Crippen LogP contribution < -0.4 is 5.73 Å². The van der Waals surface area contributed by atoms with Crippen molar-refractivity contribution in [2.75, 3.05) is 12.3 Å². The fourth-order valence-electron chi connectivity index (χ4n) is 3.79. The third-order valence-electron chi connectivity index (χ3n) is 5.33. The first-order valence-electron chi connectivity index (χ1n) is 9.44. The van der Waals surface area contributed by atoms with Crippen molar-refractivity contribution in [1.29, 1.82) is 0 Å². The Bertz CT molecular complexity index is 1060. The highest BCUT2D eigenvalue weighted by Gasteiger charge is 2.37. The van der Waals surface area contributed by atoms with E-state index in [9.17, 15) is 18.0 Å². The third kappa shape index (κ3) is 3.57. The van der Waals surface area contributed by atoms with E-state index >= 15 is 0 Å². The summed E-state index contributed by atoms with van der Waals surface area (Å²) in [5, 5.41) is -0.185. The lowest BCUT2D eigenvalue weighted by molar-refractivity contribution is -0.136. The highest BCUT2D eigenvalue weighted by Crippen LogP contribution is 2.44. The Balaban J connectivity index is 1.89. The molecular weight excluding hydrogens is 399 g/mol. The average Bonchev–Trinajstić information content (AvgIpc) is 3.03. The van der Waals surface area contributed by atoms with Gasteiger partial charge in [0.15, 0.2) is 0 Å². The molecule has 0 spiro atoms. The van der Waals surface area contributed by atoms with Crippen molar-refractivity contribution < 1.29 is 18.0 Å². The molecule has 0 radical (unpaired) electrons. The number of rotatable bonds is 2. The number of carbonyl (C=O) groups excluding carboxylic acids is 1. The molecule has 0 aliphatic carbocycles. The Hall–Kier alpha value is -2.61. The van der Waals surface area contributed by atoms with Gasteiger partial charge in [0.2, 0.25) is 0 Å². The number of likely N-dealkylation sites (tertiary alicyclic amines) is 1. The number of anilines is 1. The van der Waals surface area contributed by atoms with Crippen molar-refractivity contribution in [3.8, 4) is 11.3 Å². The molecule has 4 nitrogen and oxygen atoms in total. The number of amides is 1. The van der Waals surface area contributed by atoms with Crippen LogP contribution in [-0.4, -0.2) is 28.4 Å². The molecule has 1 aliphatic heterocycles. The molecular formula is C21H20F3N3OS. The van der Waals surface area contributed by atoms with Crippen LogP contribution in [0.1, 0.15) is 41.4 Å². The first kappa shape index (κ1) is 19.7. The summed E-state index contributed by atoms with van der Waals surface area (Å²) in [6.45, 7) is 2.54. The quantitative estimate of drug-likeness (QED) is 0.590. The summed E-state index contributed by atoms with van der Waals surface area (Å²) in [5.41, 5.74) is 5.89. The van der Waals surface area contributed by atoms with Gasteiger partial charge in [0.1, 0.15) is 9.71 Å². The minimum absolute atomic E-state index is 0.0378. The van der Waals surface area contributed by atoms with Crippen molar-refractivity contribution >= 4 is 33.1 Å². The van der Waals surface area contributed by atoms with E-state index < -0.39 is 11.7 Å². The Morgan fingerprint density at radius 1 is 1.24 bits per heavy atom. The zero-order valence-electron chi connectivity index (χ0n) is 15.8. The molecule has 0 saturated carbocycles. The molecule has 152 valence electrons. The summed E-state index contributed by atoms with van der Waals surface area (Å²) in [7, 11) is 0.